The predicted molar refractivity (Wildman–Crippen MR) is 108 cm³/mol. The number of ether oxygens (including phenoxy) is 1. The lowest BCUT2D eigenvalue weighted by Crippen LogP contribution is -2.35. The van der Waals surface area contributed by atoms with Crippen molar-refractivity contribution in [1.29, 1.82) is 4.78 Å². The Labute approximate surface area is 173 Å². The van der Waals surface area contributed by atoms with Crippen LogP contribution < -0.4 is 10.1 Å². The van der Waals surface area contributed by atoms with Crippen molar-refractivity contribution in [3.63, 3.8) is 0 Å². The van der Waals surface area contributed by atoms with Crippen LogP contribution in [0.25, 0.3) is 0 Å². The van der Waals surface area contributed by atoms with Crippen LogP contribution in [0.4, 0.5) is 8.78 Å². The van der Waals surface area contributed by atoms with Crippen LogP contribution in [0.2, 0.25) is 0 Å². The third-order valence-electron chi connectivity index (χ3n) is 4.32. The second-order valence-corrected chi connectivity index (χ2v) is 9.37. The second-order valence-electron chi connectivity index (χ2n) is 7.29. The summed E-state index contributed by atoms with van der Waals surface area (Å²) in [5.74, 6) is -4.48. The van der Waals surface area contributed by atoms with E-state index < -0.39 is 33.4 Å². The number of halogens is 2. The summed E-state index contributed by atoms with van der Waals surface area (Å²) in [7, 11) is -2.86. The second kappa shape index (κ2) is 8.47. The molecular weight excluding hydrogens is 414 g/mol. The van der Waals surface area contributed by atoms with Gasteiger partial charge in [0.1, 0.15) is 11.3 Å². The lowest BCUT2D eigenvalue weighted by molar-refractivity contribution is 0.00707. The summed E-state index contributed by atoms with van der Waals surface area (Å²) in [4.78, 5) is 20.3. The molecule has 1 saturated carbocycles. The standard InChI is InChI=1S/C20H22F2N4O3S/c1-20(21,22)19-24-12-15(18(26-19)29-14-6-4-3-5-7-14)17(27)25-16(13-8-9-13)10-11-30(2,23)28/h3-7,10-13,16,23H,8-9H2,1-2H3,(H,25,27)/b11-10+. The Hall–Kier alpha value is -2.88. The van der Waals surface area contributed by atoms with Gasteiger partial charge in [-0.15, -0.1) is 0 Å². The van der Waals surface area contributed by atoms with Crippen LogP contribution in [0.3, 0.4) is 0 Å². The number of amides is 1. The SMILES string of the molecule is CC(F)(F)c1ncc(C(=O)NC(/C=C/S(C)(=N)=O)C2CC2)c(Oc2ccccc2)n1. The van der Waals surface area contributed by atoms with Gasteiger partial charge in [0.2, 0.25) is 11.7 Å². The molecule has 0 radical (unpaired) electrons. The number of para-hydroxylation sites is 1. The lowest BCUT2D eigenvalue weighted by Gasteiger charge is -2.17. The van der Waals surface area contributed by atoms with Gasteiger partial charge in [-0.05, 0) is 30.9 Å². The Bertz CT molecular complexity index is 1050. The Kier molecular flexibility index (Phi) is 6.16. The third-order valence-corrected chi connectivity index (χ3v) is 5.00. The van der Waals surface area contributed by atoms with Crippen LogP contribution in [-0.4, -0.2) is 32.4 Å². The molecule has 1 aromatic carbocycles. The number of benzene rings is 1. The van der Waals surface area contributed by atoms with E-state index >= 15 is 0 Å². The van der Waals surface area contributed by atoms with E-state index in [0.717, 1.165) is 19.0 Å². The molecule has 3 rings (SSSR count). The summed E-state index contributed by atoms with van der Waals surface area (Å²) in [6.45, 7) is 0.658. The number of carbonyl (C=O) groups is 1. The van der Waals surface area contributed by atoms with Crippen molar-refractivity contribution in [1.82, 2.24) is 15.3 Å². The van der Waals surface area contributed by atoms with E-state index in [1.54, 1.807) is 30.3 Å². The van der Waals surface area contributed by atoms with Crippen molar-refractivity contribution in [3.8, 4) is 11.6 Å². The van der Waals surface area contributed by atoms with E-state index in [0.29, 0.717) is 12.7 Å². The first kappa shape index (κ1) is 21.8. The molecule has 2 aromatic rings. The molecule has 7 nitrogen and oxygen atoms in total. The molecule has 160 valence electrons. The Balaban J connectivity index is 1.90. The summed E-state index contributed by atoms with van der Waals surface area (Å²) in [5, 5.41) is 4.03. The summed E-state index contributed by atoms with van der Waals surface area (Å²) < 4.78 is 52.1. The fourth-order valence-corrected chi connectivity index (χ4v) is 3.12. The number of hydrogen-bond acceptors (Lipinski definition) is 6. The molecule has 2 unspecified atom stereocenters. The van der Waals surface area contributed by atoms with Crippen molar-refractivity contribution in [2.75, 3.05) is 6.26 Å². The van der Waals surface area contributed by atoms with Gasteiger partial charge >= 0.3 is 5.92 Å². The van der Waals surface area contributed by atoms with Crippen LogP contribution in [0, 0.1) is 10.7 Å². The minimum absolute atomic E-state index is 0.103. The minimum atomic E-state index is -3.31. The normalized spacial score (nSPS) is 17.3. The fraction of sp³-hybridized carbons (Fsp3) is 0.350. The molecule has 1 aromatic heterocycles. The zero-order valence-electron chi connectivity index (χ0n) is 16.5. The number of alkyl halides is 2. The van der Waals surface area contributed by atoms with Crippen LogP contribution in [-0.2, 0) is 15.7 Å². The van der Waals surface area contributed by atoms with E-state index in [-0.39, 0.29) is 17.4 Å². The Morgan fingerprint density at radius 1 is 1.37 bits per heavy atom. The molecule has 2 N–H and O–H groups in total. The molecule has 1 aliphatic carbocycles. The zero-order chi connectivity index (χ0) is 21.9. The van der Waals surface area contributed by atoms with Gasteiger partial charge in [-0.25, -0.2) is 14.0 Å². The molecule has 1 heterocycles. The van der Waals surface area contributed by atoms with Gasteiger partial charge in [0, 0.05) is 24.8 Å². The molecule has 0 bridgehead atoms. The summed E-state index contributed by atoms with van der Waals surface area (Å²) in [6, 6.07) is 7.92. The average molecular weight is 436 g/mol. The smallest absolute Gasteiger partial charge is 0.303 e. The van der Waals surface area contributed by atoms with Crippen molar-refractivity contribution in [2.45, 2.75) is 31.7 Å². The van der Waals surface area contributed by atoms with Gasteiger partial charge < -0.3 is 10.1 Å². The largest absolute Gasteiger partial charge is 0.438 e. The van der Waals surface area contributed by atoms with E-state index in [9.17, 15) is 17.8 Å². The Morgan fingerprint density at radius 3 is 2.60 bits per heavy atom. The fourth-order valence-electron chi connectivity index (χ4n) is 2.65. The molecule has 1 fully saturated rings. The number of aromatic nitrogens is 2. The summed E-state index contributed by atoms with van der Waals surface area (Å²) in [5.41, 5.74) is -0.103. The summed E-state index contributed by atoms with van der Waals surface area (Å²) in [6.07, 6.45) is 5.58. The molecule has 0 aliphatic heterocycles. The third kappa shape index (κ3) is 6.06. The van der Waals surface area contributed by atoms with Gasteiger partial charge in [-0.1, -0.05) is 24.3 Å². The molecule has 10 heteroatoms. The first-order chi connectivity index (χ1) is 14.0. The molecule has 0 spiro atoms. The van der Waals surface area contributed by atoms with E-state index in [4.69, 9.17) is 9.52 Å². The maximum atomic E-state index is 13.7. The topological polar surface area (TPSA) is 105 Å². The van der Waals surface area contributed by atoms with Crippen LogP contribution >= 0.6 is 0 Å². The monoisotopic (exact) mass is 436 g/mol. The van der Waals surface area contributed by atoms with E-state index in [1.165, 1.54) is 17.7 Å². The minimum Gasteiger partial charge on any atom is -0.438 e. The average Bonchev–Trinajstić information content (AvgIpc) is 3.49. The van der Waals surface area contributed by atoms with E-state index in [1.807, 2.05) is 0 Å². The predicted octanol–water partition coefficient (Wildman–Crippen LogP) is 4.08. The van der Waals surface area contributed by atoms with E-state index in [2.05, 4.69) is 15.3 Å². The van der Waals surface area contributed by atoms with Gasteiger partial charge in [-0.3, -0.25) is 4.79 Å². The number of rotatable bonds is 8. The highest BCUT2D eigenvalue weighted by Crippen LogP contribution is 2.34. The van der Waals surface area contributed by atoms with Crippen LogP contribution in [0.5, 0.6) is 11.6 Å². The van der Waals surface area contributed by atoms with Gasteiger partial charge in [0.05, 0.1) is 15.8 Å². The zero-order valence-corrected chi connectivity index (χ0v) is 17.3. The molecular formula is C20H22F2N4O3S. The maximum absolute atomic E-state index is 13.7. The molecule has 0 saturated heterocycles. The van der Waals surface area contributed by atoms with Crippen molar-refractivity contribution >= 4 is 15.6 Å². The van der Waals surface area contributed by atoms with Crippen LogP contribution in [0.15, 0.2) is 48.0 Å². The lowest BCUT2D eigenvalue weighted by atomic mass is 10.1. The Morgan fingerprint density at radius 2 is 2.03 bits per heavy atom. The molecule has 2 atom stereocenters. The van der Waals surface area contributed by atoms with Crippen molar-refractivity contribution < 1.29 is 22.5 Å². The maximum Gasteiger partial charge on any atom is 0.303 e. The number of hydrogen-bond donors (Lipinski definition) is 2. The first-order valence-electron chi connectivity index (χ1n) is 9.24. The van der Waals surface area contributed by atoms with Crippen molar-refractivity contribution in [3.05, 3.63) is 59.4 Å². The highest BCUT2D eigenvalue weighted by molar-refractivity contribution is 7.94. The molecule has 30 heavy (non-hydrogen) atoms. The number of nitrogens with one attached hydrogen (secondary N) is 2. The highest BCUT2D eigenvalue weighted by atomic mass is 32.2. The van der Waals surface area contributed by atoms with Gasteiger partial charge in [0.15, 0.2) is 0 Å². The number of nitrogens with zero attached hydrogens (tertiary/aromatic N) is 2. The first-order valence-corrected chi connectivity index (χ1v) is 11.3. The molecule has 1 amide bonds. The van der Waals surface area contributed by atoms with Gasteiger partial charge in [-0.2, -0.15) is 13.8 Å². The van der Waals surface area contributed by atoms with Crippen LogP contribution in [0.1, 0.15) is 35.9 Å². The van der Waals surface area contributed by atoms with Gasteiger partial charge in [0.25, 0.3) is 5.91 Å². The highest BCUT2D eigenvalue weighted by Gasteiger charge is 2.33. The molecule has 1 aliphatic rings. The van der Waals surface area contributed by atoms with Crippen molar-refractivity contribution in [2.24, 2.45) is 5.92 Å². The number of carbonyl (C=O) groups excluding carboxylic acids is 1. The summed E-state index contributed by atoms with van der Waals surface area (Å²) >= 11 is 0. The quantitative estimate of drug-likeness (QED) is 0.649.